The van der Waals surface area contributed by atoms with Gasteiger partial charge >= 0.3 is 12.0 Å². The van der Waals surface area contributed by atoms with Gasteiger partial charge in [0.1, 0.15) is 0 Å². The molecule has 1 aromatic heterocycles. The number of benzene rings is 1. The van der Waals surface area contributed by atoms with Gasteiger partial charge in [0.15, 0.2) is 0 Å². The van der Waals surface area contributed by atoms with Crippen molar-refractivity contribution in [3.63, 3.8) is 0 Å². The van der Waals surface area contributed by atoms with Crippen molar-refractivity contribution in [2.45, 2.75) is 13.8 Å². The lowest BCUT2D eigenvalue weighted by atomic mass is 10.2. The number of rotatable bonds is 5. The number of urea groups is 1. The zero-order valence-electron chi connectivity index (χ0n) is 13.1. The van der Waals surface area contributed by atoms with E-state index >= 15 is 0 Å². The Balaban J connectivity index is 2.05. The maximum Gasteiger partial charge on any atom is 0.321 e. The molecule has 122 valence electrons. The van der Waals surface area contributed by atoms with Gasteiger partial charge in [0, 0.05) is 31.8 Å². The van der Waals surface area contributed by atoms with Gasteiger partial charge in [-0.05, 0) is 12.1 Å². The monoisotopic (exact) mass is 318 g/mol. The van der Waals surface area contributed by atoms with Crippen molar-refractivity contribution >= 4 is 17.7 Å². The van der Waals surface area contributed by atoms with Crippen molar-refractivity contribution in [3.05, 3.63) is 30.2 Å². The van der Waals surface area contributed by atoms with Crippen LogP contribution in [0.1, 0.15) is 12.8 Å². The molecule has 0 saturated carbocycles. The summed E-state index contributed by atoms with van der Waals surface area (Å²) in [4.78, 5) is 28.4. The third kappa shape index (κ3) is 4.29. The Morgan fingerprint density at radius 3 is 2.78 bits per heavy atom. The standard InChI is InChI=1S/C15H18N4O4/c1-9(14(20)21)8-19(3)15(22)17-12-6-4-5-11(7-12)13-16-10(2)23-18-13/h4-7,9H,8H2,1-3H3,(H,17,22)(H,20,21). The fourth-order valence-corrected chi connectivity index (χ4v) is 1.94. The summed E-state index contributed by atoms with van der Waals surface area (Å²) in [5, 5.41) is 15.4. The number of aryl methyl sites for hydroxylation is 1. The number of carboxylic acids is 1. The molecule has 2 aromatic rings. The van der Waals surface area contributed by atoms with Crippen LogP contribution in [0.15, 0.2) is 28.8 Å². The first-order valence-electron chi connectivity index (χ1n) is 7.02. The number of amides is 2. The number of anilines is 1. The van der Waals surface area contributed by atoms with Crippen molar-refractivity contribution in [2.24, 2.45) is 5.92 Å². The summed E-state index contributed by atoms with van der Waals surface area (Å²) in [5.74, 6) is -0.693. The van der Waals surface area contributed by atoms with Crippen molar-refractivity contribution in [1.82, 2.24) is 15.0 Å². The Hall–Kier alpha value is -2.90. The summed E-state index contributed by atoms with van der Waals surface area (Å²) in [6.07, 6.45) is 0. The second-order valence-corrected chi connectivity index (χ2v) is 5.27. The number of hydrogen-bond acceptors (Lipinski definition) is 5. The van der Waals surface area contributed by atoms with Crippen LogP contribution in [0.3, 0.4) is 0 Å². The molecule has 1 heterocycles. The highest BCUT2D eigenvalue weighted by molar-refractivity contribution is 5.90. The number of nitrogens with one attached hydrogen (secondary N) is 1. The number of carbonyl (C=O) groups is 2. The molecule has 0 aliphatic rings. The van der Waals surface area contributed by atoms with Crippen LogP contribution >= 0.6 is 0 Å². The van der Waals surface area contributed by atoms with Crippen LogP contribution in [0.2, 0.25) is 0 Å². The molecule has 1 unspecified atom stereocenters. The first-order valence-corrected chi connectivity index (χ1v) is 7.02. The number of carbonyl (C=O) groups excluding carboxylic acids is 1. The number of carboxylic acid groups (broad SMARTS) is 1. The predicted octanol–water partition coefficient (Wildman–Crippen LogP) is 2.23. The van der Waals surface area contributed by atoms with Crippen molar-refractivity contribution < 1.29 is 19.2 Å². The van der Waals surface area contributed by atoms with Gasteiger partial charge in [0.05, 0.1) is 5.92 Å². The Bertz CT molecular complexity index is 713. The van der Waals surface area contributed by atoms with E-state index in [9.17, 15) is 9.59 Å². The smallest absolute Gasteiger partial charge is 0.321 e. The molecule has 2 rings (SSSR count). The second-order valence-electron chi connectivity index (χ2n) is 5.27. The third-order valence-electron chi connectivity index (χ3n) is 3.22. The lowest BCUT2D eigenvalue weighted by Gasteiger charge is -2.20. The predicted molar refractivity (Wildman–Crippen MR) is 82.9 cm³/mol. The normalized spacial score (nSPS) is 11.8. The van der Waals surface area contributed by atoms with Crippen LogP contribution in [-0.4, -0.2) is 45.7 Å². The van der Waals surface area contributed by atoms with Gasteiger partial charge in [-0.15, -0.1) is 0 Å². The van der Waals surface area contributed by atoms with E-state index in [4.69, 9.17) is 9.63 Å². The van der Waals surface area contributed by atoms with E-state index in [1.807, 2.05) is 0 Å². The lowest BCUT2D eigenvalue weighted by molar-refractivity contribution is -0.141. The van der Waals surface area contributed by atoms with Crippen molar-refractivity contribution in [3.8, 4) is 11.4 Å². The lowest BCUT2D eigenvalue weighted by Crippen LogP contribution is -2.36. The average molecular weight is 318 g/mol. The number of nitrogens with zero attached hydrogens (tertiary/aromatic N) is 3. The minimum Gasteiger partial charge on any atom is -0.481 e. The van der Waals surface area contributed by atoms with E-state index in [0.29, 0.717) is 23.0 Å². The van der Waals surface area contributed by atoms with Gasteiger partial charge in [-0.2, -0.15) is 4.98 Å². The van der Waals surface area contributed by atoms with Crippen LogP contribution in [0.4, 0.5) is 10.5 Å². The van der Waals surface area contributed by atoms with E-state index in [-0.39, 0.29) is 12.6 Å². The molecule has 0 spiro atoms. The largest absolute Gasteiger partial charge is 0.481 e. The first kappa shape index (κ1) is 16.5. The molecule has 8 heteroatoms. The average Bonchev–Trinajstić information content (AvgIpc) is 2.94. The SMILES string of the molecule is Cc1nc(-c2cccc(NC(=O)N(C)CC(C)C(=O)O)c2)no1. The zero-order chi connectivity index (χ0) is 17.0. The van der Waals surface area contributed by atoms with Crippen LogP contribution < -0.4 is 5.32 Å². The topological polar surface area (TPSA) is 109 Å². The highest BCUT2D eigenvalue weighted by Gasteiger charge is 2.17. The van der Waals surface area contributed by atoms with Crippen LogP contribution in [0.5, 0.6) is 0 Å². The second kappa shape index (κ2) is 6.91. The van der Waals surface area contributed by atoms with Crippen molar-refractivity contribution in [2.75, 3.05) is 18.9 Å². The van der Waals surface area contributed by atoms with Gasteiger partial charge in [0.25, 0.3) is 0 Å². The zero-order valence-corrected chi connectivity index (χ0v) is 13.1. The van der Waals surface area contributed by atoms with Crippen LogP contribution in [0, 0.1) is 12.8 Å². The van der Waals surface area contributed by atoms with Crippen LogP contribution in [-0.2, 0) is 4.79 Å². The van der Waals surface area contributed by atoms with Gasteiger partial charge in [-0.1, -0.05) is 24.2 Å². The first-order chi connectivity index (χ1) is 10.9. The summed E-state index contributed by atoms with van der Waals surface area (Å²) < 4.78 is 4.93. The highest BCUT2D eigenvalue weighted by atomic mass is 16.5. The maximum atomic E-state index is 12.1. The molecule has 0 aliphatic carbocycles. The molecule has 0 bridgehead atoms. The van der Waals surface area contributed by atoms with Crippen LogP contribution in [0.25, 0.3) is 11.4 Å². The van der Waals surface area contributed by atoms with E-state index in [2.05, 4.69) is 15.5 Å². The minimum atomic E-state index is -0.945. The van der Waals surface area contributed by atoms with Gasteiger partial charge < -0.3 is 19.8 Å². The Kier molecular flexibility index (Phi) is 4.95. The fourth-order valence-electron chi connectivity index (χ4n) is 1.94. The Labute approximate surface area is 133 Å². The van der Waals surface area contributed by atoms with Crippen molar-refractivity contribution in [1.29, 1.82) is 0 Å². The van der Waals surface area contributed by atoms with Gasteiger partial charge in [0.2, 0.25) is 11.7 Å². The summed E-state index contributed by atoms with van der Waals surface area (Å²) in [6.45, 7) is 3.36. The molecule has 23 heavy (non-hydrogen) atoms. The molecular weight excluding hydrogens is 300 g/mol. The molecule has 8 nitrogen and oxygen atoms in total. The number of aromatic nitrogens is 2. The summed E-state index contributed by atoms with van der Waals surface area (Å²) in [6, 6.07) is 6.62. The molecule has 1 aromatic carbocycles. The van der Waals surface area contributed by atoms with E-state index in [0.717, 1.165) is 0 Å². The van der Waals surface area contributed by atoms with E-state index in [1.165, 1.54) is 4.90 Å². The third-order valence-corrected chi connectivity index (χ3v) is 3.22. The highest BCUT2D eigenvalue weighted by Crippen LogP contribution is 2.20. The Morgan fingerprint density at radius 2 is 2.17 bits per heavy atom. The molecular formula is C15H18N4O4. The van der Waals surface area contributed by atoms with Gasteiger partial charge in [-0.3, -0.25) is 4.79 Å². The fraction of sp³-hybridized carbons (Fsp3) is 0.333. The van der Waals surface area contributed by atoms with E-state index < -0.39 is 11.9 Å². The number of aliphatic carboxylic acids is 1. The van der Waals surface area contributed by atoms with Gasteiger partial charge in [-0.25, -0.2) is 4.79 Å². The molecule has 0 aliphatic heterocycles. The molecule has 1 atom stereocenters. The molecule has 0 saturated heterocycles. The maximum absolute atomic E-state index is 12.1. The molecule has 0 radical (unpaired) electrons. The van der Waals surface area contributed by atoms with E-state index in [1.54, 1.807) is 45.2 Å². The summed E-state index contributed by atoms with van der Waals surface area (Å²) in [5.41, 5.74) is 1.27. The molecule has 2 amide bonds. The summed E-state index contributed by atoms with van der Waals surface area (Å²) in [7, 11) is 1.54. The molecule has 2 N–H and O–H groups in total. The Morgan fingerprint density at radius 1 is 1.43 bits per heavy atom. The minimum absolute atomic E-state index is 0.116. The molecule has 0 fully saturated rings. The summed E-state index contributed by atoms with van der Waals surface area (Å²) >= 11 is 0. The quantitative estimate of drug-likeness (QED) is 0.875. The number of hydrogen-bond donors (Lipinski definition) is 2.